The molecule has 1 aromatic heterocycles. The number of nitrogens with zero attached hydrogens (tertiary/aromatic N) is 1. The largest absolute Gasteiger partial charge is 0.334 e. The summed E-state index contributed by atoms with van der Waals surface area (Å²) in [6.45, 7) is 1.77. The van der Waals surface area contributed by atoms with Crippen LogP contribution in [0.25, 0.3) is 0 Å². The number of sulfone groups is 1. The Hall–Kier alpha value is -1.58. The van der Waals surface area contributed by atoms with Crippen LogP contribution in [-0.4, -0.2) is 37.1 Å². The first-order valence-corrected chi connectivity index (χ1v) is 15.6. The molecule has 0 spiro atoms. The molecule has 3 rings (SSSR count). The number of aromatic nitrogens is 1. The molecule has 0 radical (unpaired) electrons. The molecule has 0 bridgehead atoms. The first kappa shape index (κ1) is 26.0. The van der Waals surface area contributed by atoms with Crippen molar-refractivity contribution >= 4 is 39.8 Å². The first-order valence-electron chi connectivity index (χ1n) is 11.1. The minimum absolute atomic E-state index is 0.127. The molecule has 2 atom stereocenters. The van der Waals surface area contributed by atoms with E-state index in [0.29, 0.717) is 23.2 Å². The third kappa shape index (κ3) is 7.72. The van der Waals surface area contributed by atoms with Gasteiger partial charge in [-0.15, -0.1) is 11.3 Å². The first-order chi connectivity index (χ1) is 15.6. The molecule has 2 N–H and O–H groups in total. The average Bonchev–Trinajstić information content (AvgIpc) is 3.39. The number of hydrogen-bond donors (Lipinski definition) is 2. The minimum atomic E-state index is -3.76. The van der Waals surface area contributed by atoms with Crippen LogP contribution >= 0.6 is 18.9 Å². The normalized spacial score (nSPS) is 17.5. The van der Waals surface area contributed by atoms with E-state index in [1.54, 1.807) is 24.4 Å². The Labute approximate surface area is 199 Å². The van der Waals surface area contributed by atoms with Gasteiger partial charge in [-0.2, -0.15) is 0 Å². The Morgan fingerprint density at radius 1 is 1.30 bits per heavy atom. The standard InChI is InChI=1S/C22H31N2O6PS2/c1-3-30-31(26,27)14-18-15-32-22(23-18)24-21(25)20(13-8-16-6-4-5-7-16)17-9-11-19(12-10-17)33(2,28)29/h9-12,15-16,20H,3-8,13-14H2,1-2H3,(H,26,27)(H,23,24,25)/t20-/m1/s1. The maximum Gasteiger partial charge on any atom is 0.334 e. The number of thiazole rings is 1. The van der Waals surface area contributed by atoms with Crippen LogP contribution in [0.5, 0.6) is 0 Å². The van der Waals surface area contributed by atoms with Crippen molar-refractivity contribution in [1.82, 2.24) is 4.98 Å². The molecule has 1 fully saturated rings. The summed E-state index contributed by atoms with van der Waals surface area (Å²) < 4.78 is 40.5. The predicted molar refractivity (Wildman–Crippen MR) is 129 cm³/mol. The van der Waals surface area contributed by atoms with Gasteiger partial charge < -0.3 is 14.7 Å². The van der Waals surface area contributed by atoms with Crippen LogP contribution in [0.2, 0.25) is 0 Å². The lowest BCUT2D eigenvalue weighted by molar-refractivity contribution is -0.117. The van der Waals surface area contributed by atoms with Gasteiger partial charge >= 0.3 is 7.60 Å². The van der Waals surface area contributed by atoms with Gasteiger partial charge in [0.1, 0.15) is 0 Å². The molecule has 1 unspecified atom stereocenters. The van der Waals surface area contributed by atoms with E-state index in [-0.39, 0.29) is 23.6 Å². The van der Waals surface area contributed by atoms with E-state index >= 15 is 0 Å². The number of hydrogen-bond acceptors (Lipinski definition) is 7. The van der Waals surface area contributed by atoms with Gasteiger partial charge in [-0.3, -0.25) is 9.36 Å². The van der Waals surface area contributed by atoms with Crippen molar-refractivity contribution in [2.24, 2.45) is 5.92 Å². The van der Waals surface area contributed by atoms with E-state index in [2.05, 4.69) is 10.3 Å². The topological polar surface area (TPSA) is 123 Å². The third-order valence-electron chi connectivity index (χ3n) is 5.84. The summed E-state index contributed by atoms with van der Waals surface area (Å²) in [4.78, 5) is 27.5. The molecule has 1 aromatic carbocycles. The molecule has 1 aliphatic carbocycles. The Morgan fingerprint density at radius 3 is 2.58 bits per heavy atom. The number of rotatable bonds is 11. The second-order valence-corrected chi connectivity index (χ2v) is 13.2. The molecule has 182 valence electrons. The smallest absolute Gasteiger partial charge is 0.324 e. The highest BCUT2D eigenvalue weighted by atomic mass is 32.2. The average molecular weight is 515 g/mol. The molecular formula is C22H31N2O6PS2. The van der Waals surface area contributed by atoms with Gasteiger partial charge in [-0.1, -0.05) is 37.8 Å². The van der Waals surface area contributed by atoms with Crippen molar-refractivity contribution in [3.05, 3.63) is 40.9 Å². The third-order valence-corrected chi connectivity index (χ3v) is 9.16. The van der Waals surface area contributed by atoms with Gasteiger partial charge in [0.25, 0.3) is 0 Å². The maximum atomic E-state index is 13.2. The van der Waals surface area contributed by atoms with E-state index in [1.807, 2.05) is 0 Å². The Bertz CT molecular complexity index is 1090. The number of anilines is 1. The summed E-state index contributed by atoms with van der Waals surface area (Å²) in [6, 6.07) is 6.47. The molecule has 1 heterocycles. The van der Waals surface area contributed by atoms with Gasteiger partial charge in [0.05, 0.1) is 29.3 Å². The SMILES string of the molecule is CCOP(=O)(O)Cc1csc(NC(=O)[C@H](CCC2CCCC2)c2ccc(S(C)(=O)=O)cc2)n1. The molecule has 1 aliphatic rings. The number of benzene rings is 1. The van der Waals surface area contributed by atoms with Crippen molar-refractivity contribution < 1.29 is 27.2 Å². The zero-order chi connectivity index (χ0) is 24.1. The van der Waals surface area contributed by atoms with Crippen LogP contribution in [-0.2, 0) is 29.9 Å². The number of amides is 1. The second-order valence-electron chi connectivity index (χ2n) is 8.47. The monoisotopic (exact) mass is 514 g/mol. The summed E-state index contributed by atoms with van der Waals surface area (Å²) in [6.07, 6.45) is 7.33. The lowest BCUT2D eigenvalue weighted by atomic mass is 9.89. The summed E-state index contributed by atoms with van der Waals surface area (Å²) in [5.41, 5.74) is 1.14. The highest BCUT2D eigenvalue weighted by molar-refractivity contribution is 7.90. The molecule has 1 amide bonds. The molecule has 0 aliphatic heterocycles. The van der Waals surface area contributed by atoms with Gasteiger partial charge in [-0.25, -0.2) is 13.4 Å². The van der Waals surface area contributed by atoms with Crippen molar-refractivity contribution in [2.45, 2.75) is 62.4 Å². The number of carbonyl (C=O) groups is 1. The molecule has 1 saturated carbocycles. The van der Waals surface area contributed by atoms with Crippen LogP contribution in [0, 0.1) is 5.92 Å². The summed E-state index contributed by atoms with van der Waals surface area (Å²) in [5, 5.41) is 4.82. The zero-order valence-corrected chi connectivity index (χ0v) is 21.4. The fraction of sp³-hybridized carbons (Fsp3) is 0.545. The summed E-state index contributed by atoms with van der Waals surface area (Å²) in [7, 11) is -7.08. The summed E-state index contributed by atoms with van der Waals surface area (Å²) in [5.74, 6) is -0.0590. The van der Waals surface area contributed by atoms with Crippen LogP contribution in [0.15, 0.2) is 34.5 Å². The van der Waals surface area contributed by atoms with E-state index < -0.39 is 23.4 Å². The molecular weight excluding hydrogens is 483 g/mol. The highest BCUT2D eigenvalue weighted by Gasteiger charge is 2.26. The highest BCUT2D eigenvalue weighted by Crippen LogP contribution is 2.45. The van der Waals surface area contributed by atoms with Crippen molar-refractivity contribution in [1.29, 1.82) is 0 Å². The van der Waals surface area contributed by atoms with Crippen LogP contribution in [0.1, 0.15) is 62.6 Å². The Morgan fingerprint density at radius 2 is 1.97 bits per heavy atom. The fourth-order valence-electron chi connectivity index (χ4n) is 4.18. The zero-order valence-electron chi connectivity index (χ0n) is 18.9. The van der Waals surface area contributed by atoms with Gasteiger partial charge in [-0.05, 0) is 43.4 Å². The quantitative estimate of drug-likeness (QED) is 0.406. The second kappa shape index (κ2) is 11.2. The van der Waals surface area contributed by atoms with Crippen LogP contribution < -0.4 is 5.32 Å². The van der Waals surface area contributed by atoms with E-state index in [9.17, 15) is 22.7 Å². The Balaban J connectivity index is 1.74. The summed E-state index contributed by atoms with van der Waals surface area (Å²) >= 11 is 1.19. The van der Waals surface area contributed by atoms with E-state index in [4.69, 9.17) is 4.52 Å². The molecule has 11 heteroatoms. The molecule has 33 heavy (non-hydrogen) atoms. The predicted octanol–water partition coefficient (Wildman–Crippen LogP) is 4.96. The van der Waals surface area contributed by atoms with Crippen molar-refractivity contribution in [3.8, 4) is 0 Å². The van der Waals surface area contributed by atoms with Crippen LogP contribution in [0.4, 0.5) is 5.13 Å². The van der Waals surface area contributed by atoms with Gasteiger partial charge in [0.15, 0.2) is 15.0 Å². The Kier molecular flexibility index (Phi) is 8.86. The van der Waals surface area contributed by atoms with Crippen molar-refractivity contribution in [2.75, 3.05) is 18.2 Å². The number of nitrogens with one attached hydrogen (secondary N) is 1. The van der Waals surface area contributed by atoms with E-state index in [1.165, 1.54) is 49.2 Å². The van der Waals surface area contributed by atoms with Crippen molar-refractivity contribution in [3.63, 3.8) is 0 Å². The van der Waals surface area contributed by atoms with Gasteiger partial charge in [0.2, 0.25) is 5.91 Å². The molecule has 0 saturated heterocycles. The lowest BCUT2D eigenvalue weighted by Crippen LogP contribution is -2.22. The van der Waals surface area contributed by atoms with E-state index in [0.717, 1.165) is 18.2 Å². The molecule has 8 nitrogen and oxygen atoms in total. The minimum Gasteiger partial charge on any atom is -0.324 e. The fourth-order valence-corrected chi connectivity index (χ4v) is 6.71. The van der Waals surface area contributed by atoms with Gasteiger partial charge in [0, 0.05) is 11.6 Å². The molecule has 2 aromatic rings. The maximum absolute atomic E-state index is 13.2. The number of carbonyl (C=O) groups excluding carboxylic acids is 1. The van der Waals surface area contributed by atoms with Crippen LogP contribution in [0.3, 0.4) is 0 Å². The lowest BCUT2D eigenvalue weighted by Gasteiger charge is -2.19.